The normalized spacial score (nSPS) is 11.2. The molecule has 6 heteroatoms. The van der Waals surface area contributed by atoms with Gasteiger partial charge in [-0.2, -0.15) is 0 Å². The van der Waals surface area contributed by atoms with Gasteiger partial charge in [-0.15, -0.1) is 0 Å². The van der Waals surface area contributed by atoms with Crippen molar-refractivity contribution in [2.75, 3.05) is 23.9 Å². The Morgan fingerprint density at radius 2 is 1.63 bits per heavy atom. The van der Waals surface area contributed by atoms with Crippen LogP contribution < -0.4 is 10.2 Å². The molecule has 0 unspecified atom stereocenters. The summed E-state index contributed by atoms with van der Waals surface area (Å²) in [6.45, 7) is 2.02. The van der Waals surface area contributed by atoms with Gasteiger partial charge >= 0.3 is 12.0 Å². The lowest BCUT2D eigenvalue weighted by molar-refractivity contribution is -0.136. The third-order valence-electron chi connectivity index (χ3n) is 5.59. The summed E-state index contributed by atoms with van der Waals surface area (Å²) in [5, 5.41) is 14.4. The Morgan fingerprint density at radius 1 is 0.886 bits per heavy atom. The van der Waals surface area contributed by atoms with Gasteiger partial charge in [0, 0.05) is 18.4 Å². The molecule has 0 heterocycles. The number of carboxylic acids is 1. The molecule has 0 saturated carbocycles. The number of aliphatic carboxylic acids is 1. The van der Waals surface area contributed by atoms with Crippen molar-refractivity contribution in [2.45, 2.75) is 6.92 Å². The third kappa shape index (κ3) is 5.68. The summed E-state index contributed by atoms with van der Waals surface area (Å²) in [6.07, 6.45) is 1.50. The number of rotatable bonds is 7. The molecule has 4 rings (SSSR count). The zero-order valence-electron chi connectivity index (χ0n) is 19.6. The van der Waals surface area contributed by atoms with E-state index < -0.39 is 5.97 Å². The van der Waals surface area contributed by atoms with Crippen molar-refractivity contribution in [3.63, 3.8) is 0 Å². The van der Waals surface area contributed by atoms with Crippen molar-refractivity contribution < 1.29 is 19.4 Å². The van der Waals surface area contributed by atoms with E-state index in [0.29, 0.717) is 0 Å². The van der Waals surface area contributed by atoms with Crippen LogP contribution in [0.2, 0.25) is 0 Å². The molecule has 0 aliphatic rings. The molecule has 0 aliphatic carbocycles. The molecule has 4 aromatic carbocycles. The minimum Gasteiger partial charge on any atom is -0.487 e. The van der Waals surface area contributed by atoms with Gasteiger partial charge in [0.25, 0.3) is 0 Å². The Hall–Kier alpha value is -4.58. The van der Waals surface area contributed by atoms with Crippen molar-refractivity contribution in [1.29, 1.82) is 0 Å². The number of nitrogens with one attached hydrogen (secondary N) is 1. The Labute approximate surface area is 204 Å². The molecule has 4 aromatic rings. The van der Waals surface area contributed by atoms with E-state index in [1.54, 1.807) is 18.9 Å². The van der Waals surface area contributed by atoms with Gasteiger partial charge in [0.1, 0.15) is 0 Å². The molecule has 2 N–H and O–H groups in total. The van der Waals surface area contributed by atoms with Gasteiger partial charge in [-0.05, 0) is 64.7 Å². The van der Waals surface area contributed by atoms with Crippen LogP contribution in [0.3, 0.4) is 0 Å². The van der Waals surface area contributed by atoms with Gasteiger partial charge in [0.15, 0.2) is 0 Å². The number of anilines is 2. The van der Waals surface area contributed by atoms with Gasteiger partial charge in [-0.1, -0.05) is 66.7 Å². The smallest absolute Gasteiger partial charge is 0.371 e. The number of carbonyl (C=O) groups excluding carboxylic acids is 1. The molecular formula is C29H26N2O4. The second-order valence-corrected chi connectivity index (χ2v) is 7.97. The number of ether oxygens (including phenoxy) is 1. The Kier molecular flexibility index (Phi) is 7.12. The van der Waals surface area contributed by atoms with Crippen LogP contribution in [-0.2, 0) is 9.53 Å². The summed E-state index contributed by atoms with van der Waals surface area (Å²) < 4.78 is 5.17. The van der Waals surface area contributed by atoms with Crippen LogP contribution in [0.15, 0.2) is 96.8 Å². The molecule has 0 saturated heterocycles. The van der Waals surface area contributed by atoms with E-state index in [1.165, 1.54) is 6.08 Å². The lowest BCUT2D eigenvalue weighted by Gasteiger charge is -2.19. The minimum atomic E-state index is -1.10. The van der Waals surface area contributed by atoms with E-state index in [2.05, 4.69) is 5.32 Å². The number of hydrogen-bond donors (Lipinski definition) is 2. The van der Waals surface area contributed by atoms with Crippen LogP contribution >= 0.6 is 0 Å². The molecule has 35 heavy (non-hydrogen) atoms. The zero-order valence-corrected chi connectivity index (χ0v) is 19.6. The average molecular weight is 467 g/mol. The number of urea groups is 1. The molecule has 0 spiro atoms. The minimum absolute atomic E-state index is 0.0960. The standard InChI is InChI=1S/C29H26N2O4/c1-3-35-27(28(32)33)17-20-11-13-22(14-12-20)24-9-6-10-26(19-24)31(2)29(34)30-25-16-15-21-7-4-5-8-23(21)18-25/h4-19H,3H2,1-2H3,(H,30,34)(H,32,33). The second-order valence-electron chi connectivity index (χ2n) is 7.97. The number of carboxylic acid groups (broad SMARTS) is 1. The quantitative estimate of drug-likeness (QED) is 0.236. The molecule has 2 amide bonds. The lowest BCUT2D eigenvalue weighted by atomic mass is 10.0. The molecule has 6 nitrogen and oxygen atoms in total. The summed E-state index contributed by atoms with van der Waals surface area (Å²) in [6, 6.07) is 28.8. The van der Waals surface area contributed by atoms with Crippen molar-refractivity contribution in [3.8, 4) is 11.1 Å². The van der Waals surface area contributed by atoms with E-state index in [0.717, 1.165) is 38.8 Å². The predicted molar refractivity (Wildman–Crippen MR) is 140 cm³/mol. The highest BCUT2D eigenvalue weighted by molar-refractivity contribution is 6.03. The summed E-state index contributed by atoms with van der Waals surface area (Å²) >= 11 is 0. The topological polar surface area (TPSA) is 78.9 Å². The Morgan fingerprint density at radius 3 is 2.34 bits per heavy atom. The van der Waals surface area contributed by atoms with Crippen molar-refractivity contribution in [1.82, 2.24) is 0 Å². The second kappa shape index (κ2) is 10.6. The first kappa shape index (κ1) is 23.6. The van der Waals surface area contributed by atoms with Crippen LogP contribution in [0.5, 0.6) is 0 Å². The van der Waals surface area contributed by atoms with Gasteiger partial charge in [0.05, 0.1) is 6.61 Å². The first-order chi connectivity index (χ1) is 16.9. The first-order valence-corrected chi connectivity index (χ1v) is 11.3. The molecule has 0 radical (unpaired) electrons. The average Bonchev–Trinajstić information content (AvgIpc) is 2.88. The summed E-state index contributed by atoms with van der Waals surface area (Å²) in [7, 11) is 1.73. The number of benzene rings is 4. The van der Waals surface area contributed by atoms with Gasteiger partial charge < -0.3 is 15.2 Å². The fraction of sp³-hybridized carbons (Fsp3) is 0.103. The van der Waals surface area contributed by atoms with Crippen LogP contribution in [-0.4, -0.2) is 30.8 Å². The number of fused-ring (bicyclic) bond motifs is 1. The van der Waals surface area contributed by atoms with Crippen molar-refractivity contribution in [3.05, 3.63) is 102 Å². The summed E-state index contributed by atoms with van der Waals surface area (Å²) in [5.41, 5.74) is 4.08. The monoisotopic (exact) mass is 466 g/mol. The maximum atomic E-state index is 12.9. The zero-order chi connectivity index (χ0) is 24.8. The third-order valence-corrected chi connectivity index (χ3v) is 5.59. The van der Waals surface area contributed by atoms with Crippen LogP contribution in [0.25, 0.3) is 28.0 Å². The van der Waals surface area contributed by atoms with E-state index in [-0.39, 0.29) is 18.4 Å². The predicted octanol–water partition coefficient (Wildman–Crippen LogP) is 6.64. The summed E-state index contributed by atoms with van der Waals surface area (Å²) in [4.78, 5) is 25.7. The molecule has 0 aromatic heterocycles. The Balaban J connectivity index is 1.50. The number of nitrogens with zero attached hydrogens (tertiary/aromatic N) is 1. The first-order valence-electron chi connectivity index (χ1n) is 11.3. The van der Waals surface area contributed by atoms with Gasteiger partial charge in [-0.3, -0.25) is 4.90 Å². The fourth-order valence-electron chi connectivity index (χ4n) is 3.73. The molecule has 0 fully saturated rings. The fourth-order valence-corrected chi connectivity index (χ4v) is 3.73. The lowest BCUT2D eigenvalue weighted by Crippen LogP contribution is -2.31. The molecule has 0 atom stereocenters. The van der Waals surface area contributed by atoms with Gasteiger partial charge in [-0.25, -0.2) is 9.59 Å². The molecule has 0 bridgehead atoms. The number of carbonyl (C=O) groups is 2. The van der Waals surface area contributed by atoms with Gasteiger partial charge in [0.2, 0.25) is 5.76 Å². The molecule has 176 valence electrons. The maximum absolute atomic E-state index is 12.9. The largest absolute Gasteiger partial charge is 0.487 e. The van der Waals surface area contributed by atoms with E-state index in [1.807, 2.05) is 91.0 Å². The highest BCUT2D eigenvalue weighted by atomic mass is 16.5. The van der Waals surface area contributed by atoms with E-state index >= 15 is 0 Å². The number of hydrogen-bond acceptors (Lipinski definition) is 3. The van der Waals surface area contributed by atoms with Crippen LogP contribution in [0.4, 0.5) is 16.2 Å². The van der Waals surface area contributed by atoms with E-state index in [4.69, 9.17) is 4.74 Å². The SMILES string of the molecule is CCOC(=Cc1ccc(-c2cccc(N(C)C(=O)Nc3ccc4ccccc4c3)c2)cc1)C(=O)O. The highest BCUT2D eigenvalue weighted by Crippen LogP contribution is 2.26. The van der Waals surface area contributed by atoms with Crippen molar-refractivity contribution >= 4 is 40.2 Å². The molecular weight excluding hydrogens is 440 g/mol. The summed E-state index contributed by atoms with van der Waals surface area (Å²) in [5.74, 6) is -1.20. The van der Waals surface area contributed by atoms with Crippen LogP contribution in [0, 0.1) is 0 Å². The molecule has 0 aliphatic heterocycles. The van der Waals surface area contributed by atoms with Crippen LogP contribution in [0.1, 0.15) is 12.5 Å². The Bertz CT molecular complexity index is 1390. The van der Waals surface area contributed by atoms with Crippen molar-refractivity contribution in [2.24, 2.45) is 0 Å². The van der Waals surface area contributed by atoms with E-state index in [9.17, 15) is 14.7 Å². The maximum Gasteiger partial charge on any atom is 0.371 e. The highest BCUT2D eigenvalue weighted by Gasteiger charge is 2.13. The number of amides is 2.